The molecule has 0 aliphatic carbocycles. The molecular formula is C14H14N2OS. The average molecular weight is 258 g/mol. The molecule has 4 heteroatoms. The normalized spacial score (nSPS) is 13.8. The molecular weight excluding hydrogens is 244 g/mol. The number of hydrogen-bond acceptors (Lipinski definition) is 3. The second-order valence-electron chi connectivity index (χ2n) is 4.48. The average Bonchev–Trinajstić information content (AvgIpc) is 2.92. The lowest BCUT2D eigenvalue weighted by molar-refractivity contribution is 0.0992. The Morgan fingerprint density at radius 2 is 2.11 bits per heavy atom. The van der Waals surface area contributed by atoms with Gasteiger partial charge in [-0.3, -0.25) is 4.79 Å². The highest BCUT2D eigenvalue weighted by Crippen LogP contribution is 2.30. The number of anilines is 1. The Kier molecular flexibility index (Phi) is 2.67. The molecule has 92 valence electrons. The summed E-state index contributed by atoms with van der Waals surface area (Å²) >= 11 is 1.48. The second kappa shape index (κ2) is 4.21. The summed E-state index contributed by atoms with van der Waals surface area (Å²) in [6, 6.07) is 8.11. The SMILES string of the molecule is Cc1nc(C)c(C(=O)N2CCc3ccccc32)s1. The third-order valence-corrected chi connectivity index (χ3v) is 4.29. The lowest BCUT2D eigenvalue weighted by Gasteiger charge is -2.16. The van der Waals surface area contributed by atoms with Crippen LogP contribution in [-0.4, -0.2) is 17.4 Å². The minimum atomic E-state index is 0.0862. The van der Waals surface area contributed by atoms with Crippen LogP contribution >= 0.6 is 11.3 Å². The zero-order valence-corrected chi connectivity index (χ0v) is 11.3. The summed E-state index contributed by atoms with van der Waals surface area (Å²) in [6.45, 7) is 4.61. The fraction of sp³-hybridized carbons (Fsp3) is 0.286. The Morgan fingerprint density at radius 1 is 1.33 bits per heavy atom. The van der Waals surface area contributed by atoms with E-state index in [1.807, 2.05) is 36.9 Å². The molecule has 18 heavy (non-hydrogen) atoms. The number of benzene rings is 1. The van der Waals surface area contributed by atoms with Gasteiger partial charge < -0.3 is 4.90 Å². The Labute approximate surface area is 110 Å². The molecule has 2 heterocycles. The number of nitrogens with zero attached hydrogens (tertiary/aromatic N) is 2. The van der Waals surface area contributed by atoms with E-state index in [4.69, 9.17) is 0 Å². The molecule has 1 aliphatic heterocycles. The maximum Gasteiger partial charge on any atom is 0.270 e. The highest BCUT2D eigenvalue weighted by atomic mass is 32.1. The van der Waals surface area contributed by atoms with Gasteiger partial charge in [0.15, 0.2) is 0 Å². The first-order chi connectivity index (χ1) is 8.66. The summed E-state index contributed by atoms with van der Waals surface area (Å²) in [4.78, 5) is 19.5. The summed E-state index contributed by atoms with van der Waals surface area (Å²) < 4.78 is 0. The van der Waals surface area contributed by atoms with Crippen molar-refractivity contribution in [2.45, 2.75) is 20.3 Å². The summed E-state index contributed by atoms with van der Waals surface area (Å²) in [5.74, 6) is 0.0862. The maximum absolute atomic E-state index is 12.5. The van der Waals surface area contributed by atoms with Crippen LogP contribution in [0.5, 0.6) is 0 Å². The minimum absolute atomic E-state index is 0.0862. The van der Waals surface area contributed by atoms with Gasteiger partial charge in [-0.25, -0.2) is 4.98 Å². The molecule has 1 aliphatic rings. The van der Waals surface area contributed by atoms with Gasteiger partial charge >= 0.3 is 0 Å². The van der Waals surface area contributed by atoms with E-state index in [2.05, 4.69) is 11.1 Å². The van der Waals surface area contributed by atoms with E-state index in [-0.39, 0.29) is 5.91 Å². The van der Waals surface area contributed by atoms with Gasteiger partial charge in [-0.15, -0.1) is 11.3 Å². The number of aryl methyl sites for hydroxylation is 2. The molecule has 0 spiro atoms. The van der Waals surface area contributed by atoms with E-state index in [0.717, 1.165) is 34.2 Å². The quantitative estimate of drug-likeness (QED) is 0.788. The molecule has 1 aromatic heterocycles. The number of thiazole rings is 1. The van der Waals surface area contributed by atoms with Gasteiger partial charge in [0.05, 0.1) is 10.7 Å². The van der Waals surface area contributed by atoms with Crippen molar-refractivity contribution < 1.29 is 4.79 Å². The highest BCUT2D eigenvalue weighted by Gasteiger charge is 2.27. The number of aromatic nitrogens is 1. The first-order valence-electron chi connectivity index (χ1n) is 6.00. The molecule has 3 nitrogen and oxygen atoms in total. The first kappa shape index (κ1) is 11.4. The van der Waals surface area contributed by atoms with Crippen LogP contribution in [0.2, 0.25) is 0 Å². The third kappa shape index (κ3) is 1.73. The van der Waals surface area contributed by atoms with Crippen LogP contribution in [0.15, 0.2) is 24.3 Å². The standard InChI is InChI=1S/C14H14N2OS/c1-9-13(18-10(2)15-9)14(17)16-8-7-11-5-3-4-6-12(11)16/h3-6H,7-8H2,1-2H3. The molecule has 0 radical (unpaired) electrons. The van der Waals surface area contributed by atoms with Crippen molar-refractivity contribution in [3.05, 3.63) is 45.4 Å². The van der Waals surface area contributed by atoms with Gasteiger partial charge in [-0.1, -0.05) is 18.2 Å². The Balaban J connectivity index is 1.98. The fourth-order valence-electron chi connectivity index (χ4n) is 2.40. The van der Waals surface area contributed by atoms with Gasteiger partial charge in [-0.2, -0.15) is 0 Å². The van der Waals surface area contributed by atoms with Crippen LogP contribution in [0.3, 0.4) is 0 Å². The molecule has 3 rings (SSSR count). The monoisotopic (exact) mass is 258 g/mol. The van der Waals surface area contributed by atoms with Crippen LogP contribution in [0, 0.1) is 13.8 Å². The van der Waals surface area contributed by atoms with Gasteiger partial charge in [-0.05, 0) is 31.9 Å². The largest absolute Gasteiger partial charge is 0.307 e. The molecule has 0 atom stereocenters. The first-order valence-corrected chi connectivity index (χ1v) is 6.82. The predicted octanol–water partition coefficient (Wildman–Crippen LogP) is 2.96. The summed E-state index contributed by atoms with van der Waals surface area (Å²) in [5.41, 5.74) is 3.14. The summed E-state index contributed by atoms with van der Waals surface area (Å²) in [6.07, 6.45) is 0.943. The zero-order valence-electron chi connectivity index (χ0n) is 10.4. The van der Waals surface area contributed by atoms with Crippen LogP contribution in [0.25, 0.3) is 0 Å². The van der Waals surface area contributed by atoms with Crippen LogP contribution in [0.1, 0.15) is 25.9 Å². The zero-order chi connectivity index (χ0) is 12.7. The number of para-hydroxylation sites is 1. The molecule has 0 saturated heterocycles. The van der Waals surface area contributed by atoms with Gasteiger partial charge in [0.1, 0.15) is 4.88 Å². The Hall–Kier alpha value is -1.68. The van der Waals surface area contributed by atoms with Crippen molar-refractivity contribution in [1.82, 2.24) is 4.98 Å². The van der Waals surface area contributed by atoms with E-state index in [1.165, 1.54) is 16.9 Å². The minimum Gasteiger partial charge on any atom is -0.307 e. The molecule has 1 amide bonds. The van der Waals surface area contributed by atoms with Gasteiger partial charge in [0, 0.05) is 12.2 Å². The smallest absolute Gasteiger partial charge is 0.270 e. The molecule has 1 aromatic carbocycles. The number of carbonyl (C=O) groups is 1. The van der Waals surface area contributed by atoms with E-state index in [9.17, 15) is 4.79 Å². The van der Waals surface area contributed by atoms with Crippen molar-refractivity contribution in [3.63, 3.8) is 0 Å². The van der Waals surface area contributed by atoms with Crippen LogP contribution in [0.4, 0.5) is 5.69 Å². The fourth-order valence-corrected chi connectivity index (χ4v) is 3.27. The van der Waals surface area contributed by atoms with Crippen molar-refractivity contribution in [2.24, 2.45) is 0 Å². The van der Waals surface area contributed by atoms with Crippen molar-refractivity contribution in [2.75, 3.05) is 11.4 Å². The molecule has 2 aromatic rings. The van der Waals surface area contributed by atoms with E-state index in [1.54, 1.807) is 0 Å². The lowest BCUT2D eigenvalue weighted by Crippen LogP contribution is -2.28. The number of amides is 1. The summed E-state index contributed by atoms with van der Waals surface area (Å²) in [5, 5.41) is 0.948. The van der Waals surface area contributed by atoms with Crippen LogP contribution < -0.4 is 4.90 Å². The van der Waals surface area contributed by atoms with E-state index >= 15 is 0 Å². The second-order valence-corrected chi connectivity index (χ2v) is 5.69. The summed E-state index contributed by atoms with van der Waals surface area (Å²) in [7, 11) is 0. The van der Waals surface area contributed by atoms with Gasteiger partial charge in [0.2, 0.25) is 0 Å². The van der Waals surface area contributed by atoms with E-state index in [0.29, 0.717) is 0 Å². The van der Waals surface area contributed by atoms with Gasteiger partial charge in [0.25, 0.3) is 5.91 Å². The topological polar surface area (TPSA) is 33.2 Å². The van der Waals surface area contributed by atoms with Crippen molar-refractivity contribution in [3.8, 4) is 0 Å². The van der Waals surface area contributed by atoms with E-state index < -0.39 is 0 Å². The molecule has 0 bridgehead atoms. The third-order valence-electron chi connectivity index (χ3n) is 3.23. The number of fused-ring (bicyclic) bond motifs is 1. The highest BCUT2D eigenvalue weighted by molar-refractivity contribution is 7.13. The molecule has 0 saturated carbocycles. The van der Waals surface area contributed by atoms with Crippen LogP contribution in [-0.2, 0) is 6.42 Å². The predicted molar refractivity (Wildman–Crippen MR) is 73.4 cm³/mol. The number of rotatable bonds is 1. The Morgan fingerprint density at radius 3 is 2.83 bits per heavy atom. The Bertz CT molecular complexity index is 618. The molecule has 0 fully saturated rings. The number of hydrogen-bond donors (Lipinski definition) is 0. The van der Waals surface area contributed by atoms with Crippen molar-refractivity contribution in [1.29, 1.82) is 0 Å². The molecule has 0 unspecified atom stereocenters. The van der Waals surface area contributed by atoms with Crippen molar-refractivity contribution >= 4 is 22.9 Å². The number of carbonyl (C=O) groups excluding carboxylic acids is 1. The maximum atomic E-state index is 12.5. The lowest BCUT2D eigenvalue weighted by atomic mass is 10.2. The molecule has 0 N–H and O–H groups in total.